The van der Waals surface area contributed by atoms with Gasteiger partial charge in [0.05, 0.1) is 22.0 Å². The maximum absolute atomic E-state index is 11.2. The number of rotatable bonds is 3. The summed E-state index contributed by atoms with van der Waals surface area (Å²) in [5.74, 6) is 0. The first kappa shape index (κ1) is 14.6. The van der Waals surface area contributed by atoms with E-state index in [4.69, 9.17) is 0 Å². The number of nitro benzene ring substituents is 1. The monoisotopic (exact) mass is 323 g/mol. The highest BCUT2D eigenvalue weighted by molar-refractivity contribution is 5.97. The van der Waals surface area contributed by atoms with Gasteiger partial charge in [-0.3, -0.25) is 19.8 Å². The maximum Gasteiger partial charge on any atom is 0.278 e. The molecule has 2 aromatic heterocycles. The van der Waals surface area contributed by atoms with Crippen LogP contribution in [0.3, 0.4) is 0 Å². The van der Waals surface area contributed by atoms with Crippen LogP contribution in [0.2, 0.25) is 0 Å². The lowest BCUT2D eigenvalue weighted by molar-refractivity contribution is -0.383. The number of non-ortho nitro benzene ring substituents is 1. The average molecular weight is 323 g/mol. The molecule has 1 aliphatic rings. The van der Waals surface area contributed by atoms with E-state index in [0.29, 0.717) is 16.9 Å². The van der Waals surface area contributed by atoms with Gasteiger partial charge < -0.3 is 4.90 Å². The van der Waals surface area contributed by atoms with E-state index in [1.54, 1.807) is 30.6 Å². The molecule has 0 saturated carbocycles. The molecule has 1 fully saturated rings. The van der Waals surface area contributed by atoms with Gasteiger partial charge in [0, 0.05) is 37.7 Å². The third kappa shape index (κ3) is 2.47. The van der Waals surface area contributed by atoms with Gasteiger partial charge in [-0.05, 0) is 37.1 Å². The van der Waals surface area contributed by atoms with Crippen molar-refractivity contribution in [2.45, 2.75) is 18.9 Å². The van der Waals surface area contributed by atoms with Crippen LogP contribution in [0, 0.1) is 10.1 Å². The summed E-state index contributed by atoms with van der Waals surface area (Å²) in [6.07, 6.45) is 7.48. The number of pyridine rings is 1. The van der Waals surface area contributed by atoms with Crippen LogP contribution in [-0.4, -0.2) is 32.8 Å². The van der Waals surface area contributed by atoms with Crippen molar-refractivity contribution in [1.29, 1.82) is 0 Å². The molecule has 0 N–H and O–H groups in total. The van der Waals surface area contributed by atoms with Crippen molar-refractivity contribution in [3.05, 3.63) is 59.0 Å². The highest BCUT2D eigenvalue weighted by Crippen LogP contribution is 2.34. The molecule has 24 heavy (non-hydrogen) atoms. The first-order chi connectivity index (χ1) is 11.7. The zero-order valence-corrected chi connectivity index (χ0v) is 13.1. The molecule has 0 spiro atoms. The fraction of sp³-hybridized carbons (Fsp3) is 0.294. The SMILES string of the molecule is O=[N+]([O-])c1ccc(N2CCC(n3cccn3)CC2)c2ncccc12. The Morgan fingerprint density at radius 1 is 1.12 bits per heavy atom. The highest BCUT2D eigenvalue weighted by Gasteiger charge is 2.24. The van der Waals surface area contributed by atoms with E-state index in [-0.39, 0.29) is 10.6 Å². The second-order valence-electron chi connectivity index (χ2n) is 5.96. The molecule has 0 atom stereocenters. The maximum atomic E-state index is 11.2. The molecule has 0 amide bonds. The lowest BCUT2D eigenvalue weighted by Crippen LogP contribution is -2.35. The Kier molecular flexibility index (Phi) is 3.60. The molecule has 3 heterocycles. The van der Waals surface area contributed by atoms with Crippen molar-refractivity contribution in [1.82, 2.24) is 14.8 Å². The van der Waals surface area contributed by atoms with Gasteiger partial charge in [0.2, 0.25) is 0 Å². The van der Waals surface area contributed by atoms with E-state index in [2.05, 4.69) is 15.0 Å². The Morgan fingerprint density at radius 3 is 2.67 bits per heavy atom. The van der Waals surface area contributed by atoms with Crippen LogP contribution in [-0.2, 0) is 0 Å². The van der Waals surface area contributed by atoms with E-state index >= 15 is 0 Å². The molecular weight excluding hydrogens is 306 g/mol. The van der Waals surface area contributed by atoms with Gasteiger partial charge in [0.15, 0.2) is 0 Å². The Bertz CT molecular complexity index is 870. The summed E-state index contributed by atoms with van der Waals surface area (Å²) in [6.45, 7) is 1.77. The Hall–Kier alpha value is -2.96. The van der Waals surface area contributed by atoms with Gasteiger partial charge in [-0.2, -0.15) is 5.10 Å². The van der Waals surface area contributed by atoms with Gasteiger partial charge in [-0.25, -0.2) is 0 Å². The quantitative estimate of drug-likeness (QED) is 0.546. The summed E-state index contributed by atoms with van der Waals surface area (Å²) in [4.78, 5) is 17.5. The van der Waals surface area contributed by atoms with E-state index < -0.39 is 0 Å². The zero-order chi connectivity index (χ0) is 16.5. The van der Waals surface area contributed by atoms with Crippen LogP contribution in [0.25, 0.3) is 10.9 Å². The van der Waals surface area contributed by atoms with Crippen LogP contribution in [0.5, 0.6) is 0 Å². The van der Waals surface area contributed by atoms with Gasteiger partial charge in [0.25, 0.3) is 5.69 Å². The lowest BCUT2D eigenvalue weighted by atomic mass is 10.0. The van der Waals surface area contributed by atoms with Crippen molar-refractivity contribution in [3.8, 4) is 0 Å². The largest absolute Gasteiger partial charge is 0.370 e. The number of fused-ring (bicyclic) bond motifs is 1. The molecule has 0 unspecified atom stereocenters. The molecule has 4 rings (SSSR count). The number of piperidine rings is 1. The second-order valence-corrected chi connectivity index (χ2v) is 5.96. The molecule has 1 aliphatic heterocycles. The number of aromatic nitrogens is 3. The lowest BCUT2D eigenvalue weighted by Gasteiger charge is -2.34. The minimum Gasteiger partial charge on any atom is -0.370 e. The number of nitro groups is 1. The Morgan fingerprint density at radius 2 is 1.96 bits per heavy atom. The fourth-order valence-corrected chi connectivity index (χ4v) is 3.43. The highest BCUT2D eigenvalue weighted by atomic mass is 16.6. The summed E-state index contributed by atoms with van der Waals surface area (Å²) in [5, 5.41) is 16.2. The van der Waals surface area contributed by atoms with E-state index in [9.17, 15) is 10.1 Å². The zero-order valence-electron chi connectivity index (χ0n) is 13.1. The summed E-state index contributed by atoms with van der Waals surface area (Å²) < 4.78 is 2.02. The molecule has 0 bridgehead atoms. The van der Waals surface area contributed by atoms with Crippen LogP contribution in [0.4, 0.5) is 11.4 Å². The molecule has 1 saturated heterocycles. The topological polar surface area (TPSA) is 77.1 Å². The summed E-state index contributed by atoms with van der Waals surface area (Å²) in [6, 6.07) is 9.26. The molecular formula is C17H17N5O2. The first-order valence-electron chi connectivity index (χ1n) is 8.00. The van der Waals surface area contributed by atoms with Crippen LogP contribution >= 0.6 is 0 Å². The molecule has 0 radical (unpaired) electrons. The number of nitrogens with zero attached hydrogens (tertiary/aromatic N) is 5. The average Bonchev–Trinajstić information content (AvgIpc) is 3.15. The van der Waals surface area contributed by atoms with Crippen LogP contribution in [0.1, 0.15) is 18.9 Å². The minimum absolute atomic E-state index is 0.105. The summed E-state index contributed by atoms with van der Waals surface area (Å²) in [5.41, 5.74) is 1.77. The third-order valence-corrected chi connectivity index (χ3v) is 4.63. The molecule has 1 aromatic carbocycles. The smallest absolute Gasteiger partial charge is 0.278 e. The van der Waals surface area contributed by atoms with Gasteiger partial charge in [-0.1, -0.05) is 0 Å². The third-order valence-electron chi connectivity index (χ3n) is 4.63. The fourth-order valence-electron chi connectivity index (χ4n) is 3.43. The second kappa shape index (κ2) is 5.92. The predicted molar refractivity (Wildman–Crippen MR) is 91.1 cm³/mol. The van der Waals surface area contributed by atoms with Gasteiger partial charge >= 0.3 is 0 Å². The van der Waals surface area contributed by atoms with Crippen molar-refractivity contribution >= 4 is 22.3 Å². The first-order valence-corrected chi connectivity index (χ1v) is 8.00. The summed E-state index contributed by atoms with van der Waals surface area (Å²) >= 11 is 0. The van der Waals surface area contributed by atoms with Crippen molar-refractivity contribution in [2.24, 2.45) is 0 Å². The molecule has 7 nitrogen and oxygen atoms in total. The Labute approximate surface area is 138 Å². The minimum atomic E-state index is -0.349. The van der Waals surface area contributed by atoms with Crippen LogP contribution < -0.4 is 4.90 Å². The molecule has 7 heteroatoms. The van der Waals surface area contributed by atoms with Crippen molar-refractivity contribution in [3.63, 3.8) is 0 Å². The molecule has 122 valence electrons. The Balaban J connectivity index is 1.64. The van der Waals surface area contributed by atoms with Crippen molar-refractivity contribution < 1.29 is 4.92 Å². The predicted octanol–water partition coefficient (Wildman–Crippen LogP) is 3.18. The van der Waals surface area contributed by atoms with Gasteiger partial charge in [-0.15, -0.1) is 0 Å². The van der Waals surface area contributed by atoms with E-state index in [1.807, 2.05) is 23.0 Å². The molecule has 0 aliphatic carbocycles. The van der Waals surface area contributed by atoms with Crippen molar-refractivity contribution in [2.75, 3.05) is 18.0 Å². The van der Waals surface area contributed by atoms with Gasteiger partial charge in [0.1, 0.15) is 5.52 Å². The standard InChI is InChI=1S/C17H17N5O2/c23-22(24)15-4-5-16(17-14(15)3-1-8-18-17)20-11-6-13(7-12-20)21-10-2-9-19-21/h1-5,8-10,13H,6-7,11-12H2. The number of anilines is 1. The number of hydrogen-bond acceptors (Lipinski definition) is 5. The number of hydrogen-bond donors (Lipinski definition) is 0. The summed E-state index contributed by atoms with van der Waals surface area (Å²) in [7, 11) is 0. The van der Waals surface area contributed by atoms with E-state index in [0.717, 1.165) is 31.6 Å². The number of benzene rings is 1. The normalized spacial score (nSPS) is 15.8. The van der Waals surface area contributed by atoms with Crippen LogP contribution in [0.15, 0.2) is 48.9 Å². The molecule has 3 aromatic rings. The van der Waals surface area contributed by atoms with E-state index in [1.165, 1.54) is 0 Å².